The van der Waals surface area contributed by atoms with E-state index in [1.165, 1.54) is 0 Å². The first kappa shape index (κ1) is 12.4. The lowest BCUT2D eigenvalue weighted by Crippen LogP contribution is -2.15. The number of aromatic nitrogens is 1. The summed E-state index contributed by atoms with van der Waals surface area (Å²) in [7, 11) is 0. The molecule has 0 aliphatic carbocycles. The Kier molecular flexibility index (Phi) is 3.67. The molecule has 88 valence electrons. The van der Waals surface area contributed by atoms with Crippen molar-refractivity contribution >= 4 is 23.2 Å². The largest absolute Gasteiger partial charge is 0.319 e. The molecule has 0 radical (unpaired) electrons. The van der Waals surface area contributed by atoms with Gasteiger partial charge >= 0.3 is 0 Å². The highest BCUT2D eigenvalue weighted by Gasteiger charge is 2.15. The average Bonchev–Trinajstić information content (AvgIpc) is 2.29. The zero-order valence-corrected chi connectivity index (χ0v) is 10.8. The third kappa shape index (κ3) is 2.60. The lowest BCUT2D eigenvalue weighted by atomic mass is 9.99. The summed E-state index contributed by atoms with van der Waals surface area (Å²) >= 11 is 11.9. The standard InChI is InChI=1S/C13H12Cl2N2/c1-8-4-2-3-5-10(8)12(16)13-11(15)6-9(14)7-17-13/h2-7,12H,16H2,1H3. The van der Waals surface area contributed by atoms with Crippen LogP contribution in [-0.2, 0) is 0 Å². The Labute approximate surface area is 110 Å². The van der Waals surface area contributed by atoms with Crippen LogP contribution in [0.25, 0.3) is 0 Å². The van der Waals surface area contributed by atoms with Gasteiger partial charge < -0.3 is 5.73 Å². The van der Waals surface area contributed by atoms with Crippen molar-refractivity contribution in [2.24, 2.45) is 5.73 Å². The molecule has 0 fully saturated rings. The van der Waals surface area contributed by atoms with Crippen molar-refractivity contribution in [2.45, 2.75) is 13.0 Å². The molecule has 0 aliphatic rings. The van der Waals surface area contributed by atoms with Gasteiger partial charge in [0.15, 0.2) is 0 Å². The molecule has 0 saturated heterocycles. The second-order valence-corrected chi connectivity index (χ2v) is 4.70. The van der Waals surface area contributed by atoms with E-state index < -0.39 is 0 Å². The number of halogens is 2. The van der Waals surface area contributed by atoms with E-state index in [9.17, 15) is 0 Å². The van der Waals surface area contributed by atoms with Crippen LogP contribution in [-0.4, -0.2) is 4.98 Å². The molecule has 0 aliphatic heterocycles. The number of aryl methyl sites for hydroxylation is 1. The van der Waals surface area contributed by atoms with E-state index in [2.05, 4.69) is 4.98 Å². The van der Waals surface area contributed by atoms with E-state index in [-0.39, 0.29) is 6.04 Å². The first-order chi connectivity index (χ1) is 8.09. The first-order valence-corrected chi connectivity index (χ1v) is 5.97. The maximum Gasteiger partial charge on any atom is 0.0803 e. The molecule has 2 nitrogen and oxygen atoms in total. The van der Waals surface area contributed by atoms with Gasteiger partial charge in [-0.3, -0.25) is 4.98 Å². The number of rotatable bonds is 2. The van der Waals surface area contributed by atoms with Gasteiger partial charge in [-0.2, -0.15) is 0 Å². The van der Waals surface area contributed by atoms with Crippen LogP contribution in [0.15, 0.2) is 36.5 Å². The molecular weight excluding hydrogens is 255 g/mol. The normalized spacial score (nSPS) is 12.5. The van der Waals surface area contributed by atoms with Gasteiger partial charge in [0.05, 0.1) is 21.8 Å². The van der Waals surface area contributed by atoms with Crippen molar-refractivity contribution in [1.82, 2.24) is 4.98 Å². The molecule has 1 aromatic carbocycles. The number of hydrogen-bond donors (Lipinski definition) is 1. The summed E-state index contributed by atoms with van der Waals surface area (Å²) in [5.41, 5.74) is 8.96. The van der Waals surface area contributed by atoms with Crippen LogP contribution in [0.3, 0.4) is 0 Å². The van der Waals surface area contributed by atoms with Crippen LogP contribution in [0.1, 0.15) is 22.9 Å². The highest BCUT2D eigenvalue weighted by atomic mass is 35.5. The van der Waals surface area contributed by atoms with Gasteiger partial charge in [-0.05, 0) is 24.1 Å². The minimum atomic E-state index is -0.332. The Morgan fingerprint density at radius 1 is 1.24 bits per heavy atom. The van der Waals surface area contributed by atoms with Gasteiger partial charge in [0.2, 0.25) is 0 Å². The molecule has 0 spiro atoms. The number of pyridine rings is 1. The second-order valence-electron chi connectivity index (χ2n) is 3.85. The summed E-state index contributed by atoms with van der Waals surface area (Å²) in [6.07, 6.45) is 1.56. The van der Waals surface area contributed by atoms with Crippen LogP contribution in [0.2, 0.25) is 10.0 Å². The summed E-state index contributed by atoms with van der Waals surface area (Å²) in [6, 6.07) is 9.24. The van der Waals surface area contributed by atoms with Gasteiger partial charge in [0.1, 0.15) is 0 Å². The third-order valence-corrected chi connectivity index (χ3v) is 3.16. The Balaban J connectivity index is 2.44. The Hall–Kier alpha value is -1.09. The predicted octanol–water partition coefficient (Wildman–Crippen LogP) is 3.74. The van der Waals surface area contributed by atoms with Gasteiger partial charge in [-0.15, -0.1) is 0 Å². The zero-order chi connectivity index (χ0) is 12.4. The predicted molar refractivity (Wildman–Crippen MR) is 71.5 cm³/mol. The molecular formula is C13H12Cl2N2. The van der Waals surface area contributed by atoms with E-state index in [0.29, 0.717) is 15.7 Å². The van der Waals surface area contributed by atoms with Crippen LogP contribution in [0.5, 0.6) is 0 Å². The lowest BCUT2D eigenvalue weighted by molar-refractivity contribution is 0.821. The lowest BCUT2D eigenvalue weighted by Gasteiger charge is -2.15. The fourth-order valence-electron chi connectivity index (χ4n) is 1.74. The first-order valence-electron chi connectivity index (χ1n) is 5.21. The molecule has 2 aromatic rings. The van der Waals surface area contributed by atoms with Gasteiger partial charge in [0.25, 0.3) is 0 Å². The third-order valence-electron chi connectivity index (χ3n) is 2.65. The molecule has 1 unspecified atom stereocenters. The molecule has 2 N–H and O–H groups in total. The summed E-state index contributed by atoms with van der Waals surface area (Å²) in [4.78, 5) is 4.21. The van der Waals surface area contributed by atoms with Crippen LogP contribution in [0.4, 0.5) is 0 Å². The van der Waals surface area contributed by atoms with Gasteiger partial charge in [-0.1, -0.05) is 47.5 Å². The minimum Gasteiger partial charge on any atom is -0.319 e. The summed E-state index contributed by atoms with van der Waals surface area (Å²) in [6.45, 7) is 2.01. The van der Waals surface area contributed by atoms with Crippen molar-refractivity contribution < 1.29 is 0 Å². The molecule has 17 heavy (non-hydrogen) atoms. The van der Waals surface area contributed by atoms with Gasteiger partial charge in [0, 0.05) is 6.20 Å². The molecule has 0 bridgehead atoms. The molecule has 1 atom stereocenters. The van der Waals surface area contributed by atoms with E-state index in [4.69, 9.17) is 28.9 Å². The Morgan fingerprint density at radius 2 is 1.94 bits per heavy atom. The molecule has 0 amide bonds. The Morgan fingerprint density at radius 3 is 2.59 bits per heavy atom. The maximum atomic E-state index is 6.18. The van der Waals surface area contributed by atoms with Crippen molar-refractivity contribution in [3.05, 3.63) is 63.4 Å². The number of nitrogens with two attached hydrogens (primary N) is 1. The van der Waals surface area contributed by atoms with Gasteiger partial charge in [-0.25, -0.2) is 0 Å². The van der Waals surface area contributed by atoms with E-state index >= 15 is 0 Å². The molecule has 4 heteroatoms. The van der Waals surface area contributed by atoms with Crippen molar-refractivity contribution in [2.75, 3.05) is 0 Å². The second kappa shape index (κ2) is 5.05. The van der Waals surface area contributed by atoms with E-state index in [1.54, 1.807) is 12.3 Å². The van der Waals surface area contributed by atoms with Crippen molar-refractivity contribution in [3.8, 4) is 0 Å². The quantitative estimate of drug-likeness (QED) is 0.900. The summed E-state index contributed by atoms with van der Waals surface area (Å²) in [5.74, 6) is 0. The van der Waals surface area contributed by atoms with Crippen LogP contribution >= 0.6 is 23.2 Å². The molecule has 1 heterocycles. The van der Waals surface area contributed by atoms with Crippen molar-refractivity contribution in [3.63, 3.8) is 0 Å². The summed E-state index contributed by atoms with van der Waals surface area (Å²) in [5, 5.41) is 1.00. The van der Waals surface area contributed by atoms with Crippen molar-refractivity contribution in [1.29, 1.82) is 0 Å². The topological polar surface area (TPSA) is 38.9 Å². The van der Waals surface area contributed by atoms with E-state index in [1.807, 2.05) is 31.2 Å². The van der Waals surface area contributed by atoms with E-state index in [0.717, 1.165) is 11.1 Å². The highest BCUT2D eigenvalue weighted by molar-refractivity contribution is 6.34. The number of benzene rings is 1. The zero-order valence-electron chi connectivity index (χ0n) is 9.32. The molecule has 0 saturated carbocycles. The fraction of sp³-hybridized carbons (Fsp3) is 0.154. The fourth-order valence-corrected chi connectivity index (χ4v) is 2.23. The average molecular weight is 267 g/mol. The smallest absolute Gasteiger partial charge is 0.0803 e. The Bertz CT molecular complexity index is 541. The molecule has 1 aromatic heterocycles. The number of hydrogen-bond acceptors (Lipinski definition) is 2. The van der Waals surface area contributed by atoms with Crippen LogP contribution < -0.4 is 5.73 Å². The SMILES string of the molecule is Cc1ccccc1C(N)c1ncc(Cl)cc1Cl. The number of nitrogens with zero attached hydrogens (tertiary/aromatic N) is 1. The monoisotopic (exact) mass is 266 g/mol. The van der Waals surface area contributed by atoms with Crippen LogP contribution in [0, 0.1) is 6.92 Å². The minimum absolute atomic E-state index is 0.332. The summed E-state index contributed by atoms with van der Waals surface area (Å²) < 4.78 is 0. The highest BCUT2D eigenvalue weighted by Crippen LogP contribution is 2.28. The molecule has 2 rings (SSSR count). The maximum absolute atomic E-state index is 6.18.